The quantitative estimate of drug-likeness (QED) is 0.423. The van der Waals surface area contributed by atoms with Crippen molar-refractivity contribution in [1.82, 2.24) is 4.31 Å². The monoisotopic (exact) mass is 499 g/mol. The fourth-order valence-corrected chi connectivity index (χ4v) is 4.93. The van der Waals surface area contributed by atoms with Crippen molar-refractivity contribution >= 4 is 33.2 Å². The SMILES string of the molecule is CCOc1ccc(S(=O)(=O)N(CC)CC)cc1NC(=O)c1ccc(C)c(NC(=O)c2ccco2)c1. The third-order valence-electron chi connectivity index (χ3n) is 5.34. The molecule has 2 amide bonds. The van der Waals surface area contributed by atoms with Crippen LogP contribution in [-0.2, 0) is 10.0 Å². The minimum absolute atomic E-state index is 0.0512. The molecule has 2 N–H and O–H groups in total. The van der Waals surface area contributed by atoms with E-state index in [1.165, 1.54) is 34.8 Å². The molecule has 3 rings (SSSR count). The van der Waals surface area contributed by atoms with Crippen LogP contribution >= 0.6 is 0 Å². The van der Waals surface area contributed by atoms with Crippen LogP contribution in [0.15, 0.2) is 64.1 Å². The zero-order valence-electron chi connectivity index (χ0n) is 20.1. The van der Waals surface area contributed by atoms with E-state index in [4.69, 9.17) is 9.15 Å². The normalized spacial score (nSPS) is 11.3. The van der Waals surface area contributed by atoms with Gasteiger partial charge in [-0.3, -0.25) is 9.59 Å². The minimum Gasteiger partial charge on any atom is -0.492 e. The van der Waals surface area contributed by atoms with Crippen molar-refractivity contribution in [2.45, 2.75) is 32.6 Å². The third-order valence-corrected chi connectivity index (χ3v) is 7.38. The predicted octanol–water partition coefficient (Wildman–Crippen LogP) is 4.52. The summed E-state index contributed by atoms with van der Waals surface area (Å²) in [6.07, 6.45) is 1.40. The fourth-order valence-electron chi connectivity index (χ4n) is 3.45. The van der Waals surface area contributed by atoms with E-state index in [1.807, 2.05) is 0 Å². The van der Waals surface area contributed by atoms with Crippen LogP contribution < -0.4 is 15.4 Å². The molecule has 0 saturated carbocycles. The van der Waals surface area contributed by atoms with Crippen LogP contribution in [-0.4, -0.2) is 44.2 Å². The van der Waals surface area contributed by atoms with Gasteiger partial charge in [0.25, 0.3) is 11.8 Å². The van der Waals surface area contributed by atoms with Gasteiger partial charge >= 0.3 is 0 Å². The number of ether oxygens (including phenoxy) is 1. The summed E-state index contributed by atoms with van der Waals surface area (Å²) in [7, 11) is -3.73. The number of amides is 2. The first kappa shape index (κ1) is 26.0. The maximum Gasteiger partial charge on any atom is 0.291 e. The van der Waals surface area contributed by atoms with Gasteiger partial charge in [0, 0.05) is 24.3 Å². The standard InChI is InChI=1S/C25H29N3O6S/c1-5-28(6-2)35(31,32)19-12-13-22(33-7-3)21(16-19)27-24(29)18-11-10-17(4)20(15-18)26-25(30)23-9-8-14-34-23/h8-16H,5-7H2,1-4H3,(H,26,30)(H,27,29). The first-order valence-electron chi connectivity index (χ1n) is 11.2. The summed E-state index contributed by atoms with van der Waals surface area (Å²) >= 11 is 0. The van der Waals surface area contributed by atoms with E-state index in [1.54, 1.807) is 52.0 Å². The van der Waals surface area contributed by atoms with Crippen molar-refractivity contribution in [3.63, 3.8) is 0 Å². The first-order chi connectivity index (χ1) is 16.7. The number of benzene rings is 2. The molecule has 1 aromatic heterocycles. The smallest absolute Gasteiger partial charge is 0.291 e. The average Bonchev–Trinajstić information content (AvgIpc) is 3.37. The minimum atomic E-state index is -3.73. The molecular formula is C25H29N3O6S. The van der Waals surface area contributed by atoms with Crippen LogP contribution in [0.2, 0.25) is 0 Å². The van der Waals surface area contributed by atoms with E-state index in [-0.39, 0.29) is 21.9 Å². The third kappa shape index (κ3) is 5.90. The number of sulfonamides is 1. The summed E-state index contributed by atoms with van der Waals surface area (Å²) in [5.74, 6) is -0.440. The summed E-state index contributed by atoms with van der Waals surface area (Å²) in [6.45, 7) is 8.09. The van der Waals surface area contributed by atoms with Crippen LogP contribution in [0.5, 0.6) is 5.75 Å². The summed E-state index contributed by atoms with van der Waals surface area (Å²) in [6, 6.07) is 12.4. The molecular weight excluding hydrogens is 470 g/mol. The Hall–Kier alpha value is -3.63. The van der Waals surface area contributed by atoms with E-state index in [0.29, 0.717) is 31.1 Å². The van der Waals surface area contributed by atoms with E-state index in [2.05, 4.69) is 10.6 Å². The van der Waals surface area contributed by atoms with Crippen molar-refractivity contribution in [3.05, 3.63) is 71.7 Å². The molecule has 0 aliphatic rings. The molecule has 0 aliphatic carbocycles. The highest BCUT2D eigenvalue weighted by molar-refractivity contribution is 7.89. The topological polar surface area (TPSA) is 118 Å². The molecule has 9 nitrogen and oxygen atoms in total. The Morgan fingerprint density at radius 2 is 1.66 bits per heavy atom. The van der Waals surface area contributed by atoms with Gasteiger partial charge in [-0.05, 0) is 61.9 Å². The Morgan fingerprint density at radius 1 is 0.943 bits per heavy atom. The molecule has 0 saturated heterocycles. The number of hydrogen-bond acceptors (Lipinski definition) is 6. The average molecular weight is 500 g/mol. The van der Waals surface area contributed by atoms with Gasteiger partial charge in [0.2, 0.25) is 10.0 Å². The molecule has 35 heavy (non-hydrogen) atoms. The van der Waals surface area contributed by atoms with E-state index < -0.39 is 21.8 Å². The number of rotatable bonds is 10. The van der Waals surface area contributed by atoms with Crippen LogP contribution in [0.4, 0.5) is 11.4 Å². The van der Waals surface area contributed by atoms with Crippen molar-refractivity contribution in [1.29, 1.82) is 0 Å². The van der Waals surface area contributed by atoms with E-state index in [9.17, 15) is 18.0 Å². The predicted molar refractivity (Wildman–Crippen MR) is 134 cm³/mol. The lowest BCUT2D eigenvalue weighted by atomic mass is 10.1. The maximum atomic E-state index is 13.1. The van der Waals surface area contributed by atoms with E-state index >= 15 is 0 Å². The Labute approximate surface area is 205 Å². The van der Waals surface area contributed by atoms with E-state index in [0.717, 1.165) is 5.56 Å². The van der Waals surface area contributed by atoms with Crippen LogP contribution in [0, 0.1) is 6.92 Å². The van der Waals surface area contributed by atoms with Gasteiger partial charge in [0.1, 0.15) is 5.75 Å². The van der Waals surface area contributed by atoms with Gasteiger partial charge in [0.05, 0.1) is 23.5 Å². The molecule has 0 fully saturated rings. The number of anilines is 2. The molecule has 1 heterocycles. The highest BCUT2D eigenvalue weighted by Gasteiger charge is 2.24. The van der Waals surface area contributed by atoms with Gasteiger partial charge in [-0.25, -0.2) is 8.42 Å². The zero-order valence-corrected chi connectivity index (χ0v) is 20.9. The first-order valence-corrected chi connectivity index (χ1v) is 12.7. The van der Waals surface area contributed by atoms with Crippen LogP contribution in [0.1, 0.15) is 47.2 Å². The fraction of sp³-hybridized carbons (Fsp3) is 0.280. The number of furan rings is 1. The molecule has 0 aliphatic heterocycles. The van der Waals surface area contributed by atoms with Gasteiger partial charge in [-0.15, -0.1) is 0 Å². The highest BCUT2D eigenvalue weighted by atomic mass is 32.2. The molecule has 0 atom stereocenters. The molecule has 186 valence electrons. The molecule has 10 heteroatoms. The number of hydrogen-bond donors (Lipinski definition) is 2. The Balaban J connectivity index is 1.90. The van der Waals surface area contributed by atoms with Crippen molar-refractivity contribution in [2.24, 2.45) is 0 Å². The van der Waals surface area contributed by atoms with Crippen molar-refractivity contribution in [3.8, 4) is 5.75 Å². The molecule has 0 unspecified atom stereocenters. The van der Waals surface area contributed by atoms with Gasteiger partial charge in [-0.1, -0.05) is 19.9 Å². The molecule has 3 aromatic rings. The summed E-state index contributed by atoms with van der Waals surface area (Å²) in [5.41, 5.74) is 1.70. The highest BCUT2D eigenvalue weighted by Crippen LogP contribution is 2.30. The Morgan fingerprint density at radius 3 is 2.29 bits per heavy atom. The number of carbonyl (C=O) groups excluding carboxylic acids is 2. The zero-order chi connectivity index (χ0) is 25.6. The molecule has 0 spiro atoms. The number of aryl methyl sites for hydroxylation is 1. The van der Waals surface area contributed by atoms with Gasteiger partial charge < -0.3 is 19.8 Å². The van der Waals surface area contributed by atoms with Gasteiger partial charge in [0.15, 0.2) is 5.76 Å². The number of nitrogens with zero attached hydrogens (tertiary/aromatic N) is 1. The second kappa shape index (κ2) is 11.2. The second-order valence-corrected chi connectivity index (χ2v) is 9.53. The largest absolute Gasteiger partial charge is 0.492 e. The molecule has 0 radical (unpaired) electrons. The molecule has 0 bridgehead atoms. The number of carbonyl (C=O) groups is 2. The number of nitrogens with one attached hydrogen (secondary N) is 2. The summed E-state index contributed by atoms with van der Waals surface area (Å²) in [4.78, 5) is 25.5. The van der Waals surface area contributed by atoms with Crippen LogP contribution in [0.3, 0.4) is 0 Å². The van der Waals surface area contributed by atoms with Crippen molar-refractivity contribution in [2.75, 3.05) is 30.3 Å². The second-order valence-electron chi connectivity index (χ2n) is 7.60. The van der Waals surface area contributed by atoms with Gasteiger partial charge in [-0.2, -0.15) is 4.31 Å². The Bertz CT molecular complexity index is 1300. The summed E-state index contributed by atoms with van der Waals surface area (Å²) < 4.78 is 38.0. The lowest BCUT2D eigenvalue weighted by Crippen LogP contribution is -2.30. The van der Waals surface area contributed by atoms with Crippen LogP contribution in [0.25, 0.3) is 0 Å². The maximum absolute atomic E-state index is 13.1. The Kier molecular flexibility index (Phi) is 8.31. The summed E-state index contributed by atoms with van der Waals surface area (Å²) in [5, 5.41) is 5.48. The lowest BCUT2D eigenvalue weighted by Gasteiger charge is -2.20. The lowest BCUT2D eigenvalue weighted by molar-refractivity contribution is 0.0993. The molecule has 2 aromatic carbocycles. The van der Waals surface area contributed by atoms with Crippen molar-refractivity contribution < 1.29 is 27.2 Å².